The summed E-state index contributed by atoms with van der Waals surface area (Å²) >= 11 is 1.57. The second kappa shape index (κ2) is 6.68. The summed E-state index contributed by atoms with van der Waals surface area (Å²) in [5.74, 6) is 0.0909. The fraction of sp³-hybridized carbons (Fsp3) is 0.400. The topological polar surface area (TPSA) is 59.1 Å². The third-order valence-electron chi connectivity index (χ3n) is 3.25. The number of nitrogens with zero attached hydrogens (tertiary/aromatic N) is 1. The average Bonchev–Trinajstić information content (AvgIpc) is 2.80. The molecule has 0 bridgehead atoms. The van der Waals surface area contributed by atoms with Crippen molar-refractivity contribution in [3.8, 4) is 0 Å². The smallest absolute Gasteiger partial charge is 0.211 e. The number of aromatic nitrogens is 1. The Balaban J connectivity index is 2.07. The van der Waals surface area contributed by atoms with Crippen molar-refractivity contribution in [2.45, 2.75) is 33.7 Å². The van der Waals surface area contributed by atoms with Crippen molar-refractivity contribution in [2.75, 3.05) is 5.75 Å². The highest BCUT2D eigenvalue weighted by Gasteiger charge is 2.11. The van der Waals surface area contributed by atoms with E-state index in [1.807, 2.05) is 6.92 Å². The molecule has 1 aromatic heterocycles. The number of sulfonamides is 1. The van der Waals surface area contributed by atoms with Gasteiger partial charge in [0.2, 0.25) is 10.0 Å². The molecule has 2 aromatic rings. The van der Waals surface area contributed by atoms with Crippen molar-refractivity contribution in [1.29, 1.82) is 0 Å². The van der Waals surface area contributed by atoms with E-state index in [0.29, 0.717) is 0 Å². The Morgan fingerprint density at radius 2 is 1.86 bits per heavy atom. The quantitative estimate of drug-likeness (QED) is 0.889. The molecule has 6 heteroatoms. The van der Waals surface area contributed by atoms with Crippen molar-refractivity contribution in [3.05, 3.63) is 51.0 Å². The summed E-state index contributed by atoms with van der Waals surface area (Å²) in [6.45, 7) is 5.94. The molecule has 0 amide bonds. The fourth-order valence-electron chi connectivity index (χ4n) is 1.89. The van der Waals surface area contributed by atoms with Crippen LogP contribution in [0.25, 0.3) is 0 Å². The van der Waals surface area contributed by atoms with Crippen molar-refractivity contribution in [2.24, 2.45) is 0 Å². The summed E-state index contributed by atoms with van der Waals surface area (Å²) in [5.41, 5.74) is 3.47. The molecule has 1 heterocycles. The number of hydrogen-bond donors (Lipinski definition) is 1. The summed E-state index contributed by atoms with van der Waals surface area (Å²) < 4.78 is 25.5. The van der Waals surface area contributed by atoms with Gasteiger partial charge in [-0.2, -0.15) is 0 Å². The molecule has 21 heavy (non-hydrogen) atoms. The Morgan fingerprint density at radius 1 is 1.19 bits per heavy atom. The van der Waals surface area contributed by atoms with Crippen molar-refractivity contribution < 1.29 is 8.42 Å². The van der Waals surface area contributed by atoms with E-state index in [1.54, 1.807) is 18.3 Å². The number of rotatable bonds is 6. The normalized spacial score (nSPS) is 11.8. The van der Waals surface area contributed by atoms with Crippen LogP contribution < -0.4 is 4.72 Å². The Morgan fingerprint density at radius 3 is 2.48 bits per heavy atom. The molecular weight excluding hydrogens is 304 g/mol. The van der Waals surface area contributed by atoms with Crippen LogP contribution >= 0.6 is 11.3 Å². The summed E-state index contributed by atoms with van der Waals surface area (Å²) in [5, 5.41) is 0.812. The zero-order valence-corrected chi connectivity index (χ0v) is 14.1. The number of hydrogen-bond acceptors (Lipinski definition) is 4. The number of nitrogens with one attached hydrogen (secondary N) is 1. The molecule has 0 radical (unpaired) electrons. The molecule has 0 fully saturated rings. The maximum atomic E-state index is 11.5. The van der Waals surface area contributed by atoms with E-state index in [0.717, 1.165) is 17.1 Å². The molecule has 4 nitrogen and oxygen atoms in total. The average molecular weight is 324 g/mol. The van der Waals surface area contributed by atoms with Crippen LogP contribution in [0.1, 0.15) is 33.6 Å². The van der Waals surface area contributed by atoms with Crippen molar-refractivity contribution in [1.82, 2.24) is 9.71 Å². The van der Waals surface area contributed by atoms with Crippen LogP contribution in [-0.4, -0.2) is 19.2 Å². The summed E-state index contributed by atoms with van der Waals surface area (Å²) in [4.78, 5) is 5.64. The molecule has 114 valence electrons. The third kappa shape index (κ3) is 4.62. The lowest BCUT2D eigenvalue weighted by Crippen LogP contribution is -2.24. The Kier molecular flexibility index (Phi) is 5.13. The van der Waals surface area contributed by atoms with Crippen LogP contribution in [-0.2, 0) is 23.0 Å². The van der Waals surface area contributed by atoms with Crippen LogP contribution in [0, 0.1) is 13.8 Å². The lowest BCUT2D eigenvalue weighted by Gasteiger charge is -2.01. The Bertz CT molecular complexity index is 704. The predicted molar refractivity (Wildman–Crippen MR) is 87.1 cm³/mol. The van der Waals surface area contributed by atoms with E-state index in [9.17, 15) is 8.42 Å². The third-order valence-corrected chi connectivity index (χ3v) is 5.75. The number of benzene rings is 1. The first-order valence-electron chi connectivity index (χ1n) is 6.87. The van der Waals surface area contributed by atoms with Gasteiger partial charge in [0.15, 0.2) is 0 Å². The van der Waals surface area contributed by atoms with Crippen molar-refractivity contribution >= 4 is 21.4 Å². The minimum absolute atomic E-state index is 0.0909. The molecule has 0 unspecified atom stereocenters. The first kappa shape index (κ1) is 16.1. The Hall–Kier alpha value is -1.24. The predicted octanol–water partition coefficient (Wildman–Crippen LogP) is 2.79. The summed E-state index contributed by atoms with van der Waals surface area (Å²) in [7, 11) is -3.17. The van der Waals surface area contributed by atoms with Gasteiger partial charge in [0.05, 0.1) is 18.0 Å². The molecule has 0 spiro atoms. The molecule has 0 atom stereocenters. The Labute approximate surface area is 130 Å². The molecule has 0 aliphatic carbocycles. The van der Waals surface area contributed by atoms with Gasteiger partial charge in [-0.15, -0.1) is 11.3 Å². The van der Waals surface area contributed by atoms with Gasteiger partial charge in [0.25, 0.3) is 0 Å². The summed E-state index contributed by atoms with van der Waals surface area (Å²) in [6, 6.07) is 8.44. The highest BCUT2D eigenvalue weighted by atomic mass is 32.2. The van der Waals surface area contributed by atoms with Crippen LogP contribution in [0.5, 0.6) is 0 Å². The SMILES string of the molecule is CCS(=O)(=O)NCc1nc(C)c(Cc2ccc(C)cc2)s1. The first-order valence-corrected chi connectivity index (χ1v) is 9.34. The van der Waals surface area contributed by atoms with E-state index in [4.69, 9.17) is 0 Å². The molecule has 0 saturated carbocycles. The van der Waals surface area contributed by atoms with E-state index in [-0.39, 0.29) is 12.3 Å². The van der Waals surface area contributed by atoms with Gasteiger partial charge in [-0.3, -0.25) is 0 Å². The van der Waals surface area contributed by atoms with E-state index >= 15 is 0 Å². The van der Waals surface area contributed by atoms with E-state index < -0.39 is 10.0 Å². The molecule has 1 aromatic carbocycles. The lowest BCUT2D eigenvalue weighted by molar-refractivity contribution is 0.582. The molecule has 2 rings (SSSR count). The highest BCUT2D eigenvalue weighted by Crippen LogP contribution is 2.22. The number of thiazole rings is 1. The van der Waals surface area contributed by atoms with Gasteiger partial charge in [0.1, 0.15) is 5.01 Å². The molecule has 0 aliphatic rings. The zero-order chi connectivity index (χ0) is 15.5. The highest BCUT2D eigenvalue weighted by molar-refractivity contribution is 7.89. The standard InChI is InChI=1S/C15H20N2O2S2/c1-4-21(18,19)16-10-15-17-12(3)14(20-15)9-13-7-5-11(2)6-8-13/h5-8,16H,4,9-10H2,1-3H3. The van der Waals surface area contributed by atoms with Gasteiger partial charge in [-0.1, -0.05) is 29.8 Å². The molecule has 0 aliphatic heterocycles. The largest absolute Gasteiger partial charge is 0.245 e. The molecule has 1 N–H and O–H groups in total. The van der Waals surface area contributed by atoms with Gasteiger partial charge < -0.3 is 0 Å². The van der Waals surface area contributed by atoms with Crippen LogP contribution in [0.15, 0.2) is 24.3 Å². The maximum absolute atomic E-state index is 11.5. The molecular formula is C15H20N2O2S2. The second-order valence-electron chi connectivity index (χ2n) is 5.00. The van der Waals surface area contributed by atoms with E-state index in [2.05, 4.69) is 40.9 Å². The van der Waals surface area contributed by atoms with Gasteiger partial charge in [0, 0.05) is 11.3 Å². The summed E-state index contributed by atoms with van der Waals surface area (Å²) in [6.07, 6.45) is 0.838. The lowest BCUT2D eigenvalue weighted by atomic mass is 10.1. The van der Waals surface area contributed by atoms with E-state index in [1.165, 1.54) is 16.0 Å². The minimum Gasteiger partial charge on any atom is -0.245 e. The zero-order valence-electron chi connectivity index (χ0n) is 12.5. The fourth-order valence-corrected chi connectivity index (χ4v) is 3.59. The van der Waals surface area contributed by atoms with Crippen LogP contribution in [0.4, 0.5) is 0 Å². The van der Waals surface area contributed by atoms with Crippen LogP contribution in [0.2, 0.25) is 0 Å². The van der Waals surface area contributed by atoms with Gasteiger partial charge in [-0.25, -0.2) is 18.1 Å². The minimum atomic E-state index is -3.17. The monoisotopic (exact) mass is 324 g/mol. The van der Waals surface area contributed by atoms with Crippen molar-refractivity contribution in [3.63, 3.8) is 0 Å². The second-order valence-corrected chi connectivity index (χ2v) is 8.27. The molecule has 0 saturated heterocycles. The van der Waals surface area contributed by atoms with Gasteiger partial charge >= 0.3 is 0 Å². The number of aryl methyl sites for hydroxylation is 2. The maximum Gasteiger partial charge on any atom is 0.211 e. The first-order chi connectivity index (χ1) is 9.89. The van der Waals surface area contributed by atoms with Gasteiger partial charge in [-0.05, 0) is 26.3 Å². The van der Waals surface area contributed by atoms with Crippen LogP contribution in [0.3, 0.4) is 0 Å².